The van der Waals surface area contributed by atoms with E-state index in [9.17, 15) is 18.0 Å². The minimum absolute atomic E-state index is 0.212. The Kier molecular flexibility index (Phi) is 6.64. The van der Waals surface area contributed by atoms with Gasteiger partial charge in [0.05, 0.1) is 4.90 Å². The van der Waals surface area contributed by atoms with E-state index in [1.165, 1.54) is 9.21 Å². The van der Waals surface area contributed by atoms with Crippen molar-refractivity contribution in [3.8, 4) is 0 Å². The zero-order valence-corrected chi connectivity index (χ0v) is 17.1. The average Bonchev–Trinajstić information content (AvgIpc) is 2.58. The predicted octanol–water partition coefficient (Wildman–Crippen LogP) is 2.03. The maximum Gasteiger partial charge on any atom is 0.323 e. The third-order valence-corrected chi connectivity index (χ3v) is 7.02. The first kappa shape index (κ1) is 21.4. The van der Waals surface area contributed by atoms with Gasteiger partial charge in [0.25, 0.3) is 0 Å². The van der Waals surface area contributed by atoms with Crippen LogP contribution < -0.4 is 0 Å². The highest BCUT2D eigenvalue weighted by Crippen LogP contribution is 2.27. The number of hydrogen-bond acceptors (Lipinski definition) is 4. The van der Waals surface area contributed by atoms with Crippen LogP contribution in [0, 0.1) is 19.8 Å². The summed E-state index contributed by atoms with van der Waals surface area (Å²) < 4.78 is 27.3. The smallest absolute Gasteiger partial charge is 0.323 e. The lowest BCUT2D eigenvalue weighted by molar-refractivity contribution is -0.148. The van der Waals surface area contributed by atoms with Crippen LogP contribution in [-0.4, -0.2) is 60.3 Å². The average molecular weight is 397 g/mol. The van der Waals surface area contributed by atoms with Gasteiger partial charge in [-0.3, -0.25) is 9.59 Å². The largest absolute Gasteiger partial charge is 0.480 e. The van der Waals surface area contributed by atoms with E-state index in [1.807, 2.05) is 13.0 Å². The number of carbonyl (C=O) groups excluding carboxylic acids is 1. The number of carboxylic acid groups (broad SMARTS) is 1. The lowest BCUT2D eigenvalue weighted by Gasteiger charge is -2.34. The highest BCUT2D eigenvalue weighted by atomic mass is 32.2. The zero-order chi connectivity index (χ0) is 20.4. The maximum absolute atomic E-state index is 12.9. The van der Waals surface area contributed by atoms with Crippen LogP contribution in [0.4, 0.5) is 0 Å². The Labute approximate surface area is 161 Å². The number of aryl methyl sites for hydroxylation is 2. The molecule has 1 aliphatic rings. The number of carbonyl (C=O) groups is 2. The molecule has 1 amide bonds. The fourth-order valence-corrected chi connectivity index (χ4v) is 5.14. The quantitative estimate of drug-likeness (QED) is 0.794. The summed E-state index contributed by atoms with van der Waals surface area (Å²) in [6.07, 6.45) is 0.789. The fourth-order valence-electron chi connectivity index (χ4n) is 3.47. The summed E-state index contributed by atoms with van der Waals surface area (Å²) >= 11 is 0. The molecule has 0 unspecified atom stereocenters. The molecule has 1 aliphatic heterocycles. The summed E-state index contributed by atoms with van der Waals surface area (Å²) in [6.45, 7) is 7.43. The van der Waals surface area contributed by atoms with Crippen LogP contribution in [0.5, 0.6) is 0 Å². The zero-order valence-electron chi connectivity index (χ0n) is 16.3. The maximum atomic E-state index is 12.9. The van der Waals surface area contributed by atoms with Crippen molar-refractivity contribution in [2.45, 2.75) is 51.5 Å². The number of aliphatic carboxylic acids is 1. The van der Waals surface area contributed by atoms with Gasteiger partial charge in [-0.05, 0) is 52.2 Å². The molecule has 1 N–H and O–H groups in total. The Morgan fingerprint density at radius 2 is 1.81 bits per heavy atom. The summed E-state index contributed by atoms with van der Waals surface area (Å²) in [5.41, 5.74) is 1.71. The van der Waals surface area contributed by atoms with E-state index in [-0.39, 0.29) is 37.5 Å². The van der Waals surface area contributed by atoms with E-state index in [1.54, 1.807) is 32.9 Å². The Morgan fingerprint density at radius 3 is 2.30 bits per heavy atom. The molecular formula is C19H28N2O5S. The first-order valence-corrected chi connectivity index (χ1v) is 10.6. The fraction of sp³-hybridized carbons (Fsp3) is 0.579. The molecule has 0 aromatic heterocycles. The van der Waals surface area contributed by atoms with Gasteiger partial charge in [0.15, 0.2) is 0 Å². The van der Waals surface area contributed by atoms with Crippen molar-refractivity contribution in [3.05, 3.63) is 29.3 Å². The molecule has 1 aromatic rings. The number of carboxylic acids is 1. The van der Waals surface area contributed by atoms with Crippen LogP contribution in [0.25, 0.3) is 0 Å². The molecule has 0 spiro atoms. The summed E-state index contributed by atoms with van der Waals surface area (Å²) in [4.78, 5) is 25.4. The number of rotatable bonds is 6. The van der Waals surface area contributed by atoms with E-state index in [4.69, 9.17) is 5.11 Å². The molecule has 1 aromatic carbocycles. The van der Waals surface area contributed by atoms with Gasteiger partial charge in [0.2, 0.25) is 15.9 Å². The van der Waals surface area contributed by atoms with E-state index < -0.39 is 16.0 Å². The summed E-state index contributed by atoms with van der Waals surface area (Å²) in [5.74, 6) is -1.61. The number of amides is 1. The molecular weight excluding hydrogens is 368 g/mol. The monoisotopic (exact) mass is 396 g/mol. The van der Waals surface area contributed by atoms with Crippen molar-refractivity contribution in [1.29, 1.82) is 0 Å². The van der Waals surface area contributed by atoms with Crippen LogP contribution in [0.2, 0.25) is 0 Å². The molecule has 7 nitrogen and oxygen atoms in total. The molecule has 0 saturated carbocycles. The lowest BCUT2D eigenvalue weighted by atomic mass is 9.96. The van der Waals surface area contributed by atoms with Gasteiger partial charge in [-0.15, -0.1) is 0 Å². The third-order valence-electron chi connectivity index (χ3n) is 4.96. The first-order valence-electron chi connectivity index (χ1n) is 9.13. The molecule has 0 radical (unpaired) electrons. The lowest BCUT2D eigenvalue weighted by Crippen LogP contribution is -2.47. The Hall–Kier alpha value is -1.93. The van der Waals surface area contributed by atoms with Crippen molar-refractivity contribution >= 4 is 21.9 Å². The van der Waals surface area contributed by atoms with E-state index >= 15 is 0 Å². The summed E-state index contributed by atoms with van der Waals surface area (Å²) in [6, 6.07) is 5.04. The topological polar surface area (TPSA) is 95.0 Å². The van der Waals surface area contributed by atoms with Crippen molar-refractivity contribution in [2.75, 3.05) is 19.6 Å². The Balaban J connectivity index is 2.09. The van der Waals surface area contributed by atoms with Crippen LogP contribution in [-0.2, 0) is 19.6 Å². The molecule has 27 heavy (non-hydrogen) atoms. The highest BCUT2D eigenvalue weighted by Gasteiger charge is 2.35. The van der Waals surface area contributed by atoms with Gasteiger partial charge in [-0.1, -0.05) is 17.7 Å². The molecule has 0 atom stereocenters. The van der Waals surface area contributed by atoms with Gasteiger partial charge < -0.3 is 10.0 Å². The molecule has 2 rings (SSSR count). The molecule has 0 aliphatic carbocycles. The number of nitrogens with zero attached hydrogens (tertiary/aromatic N) is 2. The van der Waals surface area contributed by atoms with Gasteiger partial charge in [0.1, 0.15) is 6.54 Å². The summed E-state index contributed by atoms with van der Waals surface area (Å²) in [7, 11) is -3.60. The second-order valence-electron chi connectivity index (χ2n) is 7.40. The third kappa shape index (κ3) is 4.87. The molecule has 1 heterocycles. The van der Waals surface area contributed by atoms with Gasteiger partial charge in [-0.2, -0.15) is 4.31 Å². The highest BCUT2D eigenvalue weighted by molar-refractivity contribution is 7.89. The van der Waals surface area contributed by atoms with E-state index in [2.05, 4.69) is 0 Å². The number of sulfonamides is 1. The van der Waals surface area contributed by atoms with Gasteiger partial charge in [-0.25, -0.2) is 8.42 Å². The Bertz CT molecular complexity index is 811. The molecule has 8 heteroatoms. The second kappa shape index (κ2) is 8.39. The van der Waals surface area contributed by atoms with Crippen molar-refractivity contribution < 1.29 is 23.1 Å². The molecule has 1 fully saturated rings. The Morgan fingerprint density at radius 1 is 1.22 bits per heavy atom. The first-order chi connectivity index (χ1) is 12.5. The normalized spacial score (nSPS) is 16.5. The van der Waals surface area contributed by atoms with E-state index in [0.29, 0.717) is 23.3 Å². The molecule has 0 bridgehead atoms. The van der Waals surface area contributed by atoms with Gasteiger partial charge in [0, 0.05) is 25.0 Å². The van der Waals surface area contributed by atoms with Crippen LogP contribution in [0.3, 0.4) is 0 Å². The number of benzene rings is 1. The standard InChI is InChI=1S/C19H28N2O5S/c1-13(2)21(12-18(22)23)19(24)16-7-9-20(10-8-16)27(25,26)17-6-5-14(3)11-15(17)4/h5-6,11,13,16H,7-10,12H2,1-4H3,(H,22,23). The second-order valence-corrected chi connectivity index (χ2v) is 9.31. The van der Waals surface area contributed by atoms with Crippen molar-refractivity contribution in [3.63, 3.8) is 0 Å². The van der Waals surface area contributed by atoms with Crippen molar-refractivity contribution in [2.24, 2.45) is 5.92 Å². The SMILES string of the molecule is Cc1ccc(S(=O)(=O)N2CCC(C(=O)N(CC(=O)O)C(C)C)CC2)c(C)c1. The van der Waals surface area contributed by atoms with Crippen LogP contribution >= 0.6 is 0 Å². The minimum atomic E-state index is -3.60. The number of piperidine rings is 1. The van der Waals surface area contributed by atoms with Crippen LogP contribution in [0.1, 0.15) is 37.8 Å². The van der Waals surface area contributed by atoms with Crippen LogP contribution in [0.15, 0.2) is 23.1 Å². The number of hydrogen-bond donors (Lipinski definition) is 1. The van der Waals surface area contributed by atoms with Crippen molar-refractivity contribution in [1.82, 2.24) is 9.21 Å². The summed E-state index contributed by atoms with van der Waals surface area (Å²) in [5, 5.41) is 9.02. The predicted molar refractivity (Wildman–Crippen MR) is 102 cm³/mol. The molecule has 1 saturated heterocycles. The van der Waals surface area contributed by atoms with Gasteiger partial charge >= 0.3 is 5.97 Å². The minimum Gasteiger partial charge on any atom is -0.480 e. The van der Waals surface area contributed by atoms with E-state index in [0.717, 1.165) is 5.56 Å². The molecule has 150 valence electrons.